The van der Waals surface area contributed by atoms with Gasteiger partial charge in [-0.25, -0.2) is 18.1 Å². The lowest BCUT2D eigenvalue weighted by Crippen LogP contribution is -2.32. The summed E-state index contributed by atoms with van der Waals surface area (Å²) in [6.45, 7) is 3.89. The van der Waals surface area contributed by atoms with Gasteiger partial charge in [-0.1, -0.05) is 25.4 Å². The van der Waals surface area contributed by atoms with Gasteiger partial charge in [0, 0.05) is 18.9 Å². The summed E-state index contributed by atoms with van der Waals surface area (Å²) in [6.07, 6.45) is 2.65. The lowest BCUT2D eigenvalue weighted by molar-refractivity contribution is 0.152. The molecule has 0 aliphatic rings. The molecule has 0 aliphatic carbocycles. The van der Waals surface area contributed by atoms with E-state index >= 15 is 0 Å². The van der Waals surface area contributed by atoms with Gasteiger partial charge in [-0.3, -0.25) is 0 Å². The second-order valence-corrected chi connectivity index (χ2v) is 7.45. The molecule has 2 aromatic heterocycles. The van der Waals surface area contributed by atoms with Gasteiger partial charge in [-0.15, -0.1) is 0 Å². The number of hydrogen-bond donors (Lipinski definition) is 3. The van der Waals surface area contributed by atoms with Crippen molar-refractivity contribution in [3.63, 3.8) is 0 Å². The van der Waals surface area contributed by atoms with Crippen molar-refractivity contribution < 1.29 is 13.5 Å². The summed E-state index contributed by atoms with van der Waals surface area (Å²) in [4.78, 5) is 6.84. The maximum Gasteiger partial charge on any atom is 0.242 e. The molecule has 0 bridgehead atoms. The fourth-order valence-electron chi connectivity index (χ4n) is 2.11. The molecule has 0 aliphatic heterocycles. The number of H-pyrrole nitrogens is 1. The Labute approximate surface area is 128 Å². The van der Waals surface area contributed by atoms with Crippen LogP contribution in [0.3, 0.4) is 0 Å². The molecule has 0 spiro atoms. The average Bonchev–Trinajstić information content (AvgIpc) is 2.82. The molecular formula is C13H18ClN3O3S. The van der Waals surface area contributed by atoms with Crippen LogP contribution < -0.4 is 4.72 Å². The number of fused-ring (bicyclic) bond motifs is 1. The average molecular weight is 332 g/mol. The Hall–Kier alpha value is -1.15. The zero-order valence-electron chi connectivity index (χ0n) is 11.8. The van der Waals surface area contributed by atoms with Crippen LogP contribution in [-0.4, -0.2) is 36.1 Å². The molecule has 21 heavy (non-hydrogen) atoms. The zero-order valence-corrected chi connectivity index (χ0v) is 13.4. The van der Waals surface area contributed by atoms with Crippen molar-refractivity contribution in [1.82, 2.24) is 14.7 Å². The van der Waals surface area contributed by atoms with Gasteiger partial charge in [-0.05, 0) is 18.4 Å². The van der Waals surface area contributed by atoms with Crippen molar-refractivity contribution in [2.24, 2.45) is 5.92 Å². The van der Waals surface area contributed by atoms with Crippen LogP contribution in [0, 0.1) is 5.92 Å². The number of nitrogens with zero attached hydrogens (tertiary/aromatic N) is 1. The lowest BCUT2D eigenvalue weighted by atomic mass is 10.1. The van der Waals surface area contributed by atoms with Crippen molar-refractivity contribution >= 4 is 32.7 Å². The molecule has 6 nitrogen and oxygen atoms in total. The van der Waals surface area contributed by atoms with E-state index < -0.39 is 16.1 Å². The predicted molar refractivity (Wildman–Crippen MR) is 81.8 cm³/mol. The zero-order chi connectivity index (χ0) is 15.6. The van der Waals surface area contributed by atoms with Crippen LogP contribution in [0.25, 0.3) is 11.0 Å². The normalized spacial score (nSPS) is 14.0. The molecule has 0 amide bonds. The molecule has 0 radical (unpaired) electrons. The minimum absolute atomic E-state index is 0.0346. The van der Waals surface area contributed by atoms with E-state index in [0.29, 0.717) is 22.5 Å². The van der Waals surface area contributed by atoms with E-state index in [1.54, 1.807) is 0 Å². The maximum atomic E-state index is 12.3. The molecule has 2 heterocycles. The number of pyridine rings is 1. The van der Waals surface area contributed by atoms with Gasteiger partial charge >= 0.3 is 0 Å². The molecule has 1 unspecified atom stereocenters. The lowest BCUT2D eigenvalue weighted by Gasteiger charge is -2.13. The smallest absolute Gasteiger partial charge is 0.242 e. The number of aromatic nitrogens is 2. The minimum Gasteiger partial charge on any atom is -0.392 e. The standard InChI is InChI=1S/C13H18ClN3O3S/c1-8(2)5-9(18)6-17-21(19,20)11-7-16-13-12(11)10(14)3-4-15-13/h3-4,7-9,17-18H,5-6H2,1-2H3,(H,15,16). The fourth-order valence-corrected chi connectivity index (χ4v) is 3.67. The van der Waals surface area contributed by atoms with Crippen molar-refractivity contribution in [2.75, 3.05) is 6.54 Å². The van der Waals surface area contributed by atoms with Crippen LogP contribution in [0.4, 0.5) is 0 Å². The Morgan fingerprint density at radius 2 is 2.19 bits per heavy atom. The van der Waals surface area contributed by atoms with Crippen LogP contribution in [0.15, 0.2) is 23.4 Å². The molecule has 0 aromatic carbocycles. The molecule has 3 N–H and O–H groups in total. The summed E-state index contributed by atoms with van der Waals surface area (Å²) >= 11 is 6.04. The van der Waals surface area contributed by atoms with E-state index in [4.69, 9.17) is 11.6 Å². The van der Waals surface area contributed by atoms with Crippen molar-refractivity contribution in [3.05, 3.63) is 23.5 Å². The monoisotopic (exact) mass is 331 g/mol. The quantitative estimate of drug-likeness (QED) is 0.753. The third-order valence-electron chi connectivity index (χ3n) is 3.03. The van der Waals surface area contributed by atoms with Crippen LogP contribution in [-0.2, 0) is 10.0 Å². The Kier molecular flexibility index (Phi) is 4.88. The first kappa shape index (κ1) is 16.2. The molecule has 2 rings (SSSR count). The highest BCUT2D eigenvalue weighted by Crippen LogP contribution is 2.28. The third-order valence-corrected chi connectivity index (χ3v) is 4.79. The van der Waals surface area contributed by atoms with Crippen LogP contribution in [0.5, 0.6) is 0 Å². The highest BCUT2D eigenvalue weighted by atomic mass is 35.5. The largest absolute Gasteiger partial charge is 0.392 e. The number of halogens is 1. The van der Waals surface area contributed by atoms with Crippen LogP contribution in [0.2, 0.25) is 5.02 Å². The first-order valence-electron chi connectivity index (χ1n) is 6.60. The van der Waals surface area contributed by atoms with E-state index in [1.165, 1.54) is 18.5 Å². The summed E-state index contributed by atoms with van der Waals surface area (Å²) in [6, 6.07) is 1.53. The van der Waals surface area contributed by atoms with E-state index in [1.807, 2.05) is 13.8 Å². The Morgan fingerprint density at radius 1 is 1.48 bits per heavy atom. The maximum absolute atomic E-state index is 12.3. The molecule has 0 saturated heterocycles. The number of sulfonamides is 1. The van der Waals surface area contributed by atoms with Gasteiger partial charge in [0.25, 0.3) is 0 Å². The second kappa shape index (κ2) is 6.31. The van der Waals surface area contributed by atoms with E-state index in [9.17, 15) is 13.5 Å². The molecule has 1 atom stereocenters. The molecule has 2 aromatic rings. The molecular weight excluding hydrogens is 314 g/mol. The number of aliphatic hydroxyl groups is 1. The molecule has 116 valence electrons. The summed E-state index contributed by atoms with van der Waals surface area (Å²) in [5.74, 6) is 0.288. The predicted octanol–water partition coefficient (Wildman–Crippen LogP) is 1.90. The topological polar surface area (TPSA) is 95.1 Å². The number of aliphatic hydroxyl groups excluding tert-OH is 1. The summed E-state index contributed by atoms with van der Waals surface area (Å²) in [7, 11) is -3.76. The summed E-state index contributed by atoms with van der Waals surface area (Å²) < 4.78 is 27.0. The number of nitrogens with one attached hydrogen (secondary N) is 2. The van der Waals surface area contributed by atoms with E-state index in [0.717, 1.165) is 0 Å². The summed E-state index contributed by atoms with van der Waals surface area (Å²) in [5, 5.41) is 10.4. The van der Waals surface area contributed by atoms with Gasteiger partial charge < -0.3 is 10.1 Å². The Balaban J connectivity index is 2.23. The first-order chi connectivity index (χ1) is 9.81. The fraction of sp³-hybridized carbons (Fsp3) is 0.462. The van der Waals surface area contributed by atoms with Crippen molar-refractivity contribution in [3.8, 4) is 0 Å². The highest BCUT2D eigenvalue weighted by molar-refractivity contribution is 7.89. The van der Waals surface area contributed by atoms with Gasteiger partial charge in [0.2, 0.25) is 10.0 Å². The van der Waals surface area contributed by atoms with Gasteiger partial charge in [-0.2, -0.15) is 0 Å². The van der Waals surface area contributed by atoms with Gasteiger partial charge in [0.15, 0.2) is 0 Å². The first-order valence-corrected chi connectivity index (χ1v) is 8.46. The third kappa shape index (κ3) is 3.74. The molecule has 0 fully saturated rings. The van der Waals surface area contributed by atoms with Crippen molar-refractivity contribution in [1.29, 1.82) is 0 Å². The number of rotatable bonds is 6. The Bertz CT molecular complexity index is 727. The minimum atomic E-state index is -3.76. The SMILES string of the molecule is CC(C)CC(O)CNS(=O)(=O)c1c[nH]c2nccc(Cl)c12. The van der Waals surface area contributed by atoms with Crippen LogP contribution >= 0.6 is 11.6 Å². The van der Waals surface area contributed by atoms with E-state index in [-0.39, 0.29) is 17.4 Å². The number of hydrogen-bond acceptors (Lipinski definition) is 4. The molecule has 8 heteroatoms. The van der Waals surface area contributed by atoms with Gasteiger partial charge in [0.1, 0.15) is 10.5 Å². The van der Waals surface area contributed by atoms with E-state index in [2.05, 4.69) is 14.7 Å². The molecule has 0 saturated carbocycles. The number of aromatic amines is 1. The second-order valence-electron chi connectivity index (χ2n) is 5.30. The van der Waals surface area contributed by atoms with Crippen molar-refractivity contribution in [2.45, 2.75) is 31.3 Å². The Morgan fingerprint density at radius 3 is 2.86 bits per heavy atom. The van der Waals surface area contributed by atoms with Gasteiger partial charge in [0.05, 0.1) is 16.5 Å². The summed E-state index contributed by atoms with van der Waals surface area (Å²) in [5.41, 5.74) is 0.408. The highest BCUT2D eigenvalue weighted by Gasteiger charge is 2.22. The van der Waals surface area contributed by atoms with Crippen LogP contribution in [0.1, 0.15) is 20.3 Å².